The third kappa shape index (κ3) is 5.63. The standard InChI is InChI=1S/C26H31N3O2/c1-5-28(6-2)23-15-13-22(14-16-23)18-29(25-12-7-8-17-27-25)26(30)19-31-24-11-9-10-20(3)21(24)4/h7-17H,5-6,18-19H2,1-4H3. The first-order valence-corrected chi connectivity index (χ1v) is 10.8. The Morgan fingerprint density at radius 2 is 1.68 bits per heavy atom. The van der Waals surface area contributed by atoms with E-state index < -0.39 is 0 Å². The molecule has 162 valence electrons. The predicted octanol–water partition coefficient (Wildman–Crippen LogP) is 5.16. The van der Waals surface area contributed by atoms with Gasteiger partial charge < -0.3 is 9.64 Å². The van der Waals surface area contributed by atoms with Crippen LogP contribution < -0.4 is 14.5 Å². The van der Waals surface area contributed by atoms with Crippen molar-refractivity contribution in [2.45, 2.75) is 34.2 Å². The number of anilines is 2. The molecule has 0 atom stereocenters. The Morgan fingerprint density at radius 3 is 2.32 bits per heavy atom. The van der Waals surface area contributed by atoms with Crippen LogP contribution >= 0.6 is 0 Å². The lowest BCUT2D eigenvalue weighted by Gasteiger charge is -2.24. The van der Waals surface area contributed by atoms with Crippen molar-refractivity contribution < 1.29 is 9.53 Å². The van der Waals surface area contributed by atoms with Gasteiger partial charge in [-0.25, -0.2) is 4.98 Å². The Kier molecular flexibility index (Phi) is 7.65. The first kappa shape index (κ1) is 22.3. The van der Waals surface area contributed by atoms with Crippen molar-refractivity contribution >= 4 is 17.4 Å². The summed E-state index contributed by atoms with van der Waals surface area (Å²) < 4.78 is 5.87. The van der Waals surface area contributed by atoms with Gasteiger partial charge in [0.1, 0.15) is 11.6 Å². The van der Waals surface area contributed by atoms with Crippen LogP contribution in [0.15, 0.2) is 66.9 Å². The SMILES string of the molecule is CCN(CC)c1ccc(CN(C(=O)COc2cccc(C)c2C)c2ccccn2)cc1. The van der Waals surface area contributed by atoms with Crippen LogP contribution in [0.3, 0.4) is 0 Å². The number of carbonyl (C=O) groups is 1. The number of hydrogen-bond acceptors (Lipinski definition) is 4. The van der Waals surface area contributed by atoms with Crippen molar-refractivity contribution in [3.8, 4) is 5.75 Å². The molecule has 0 saturated heterocycles. The van der Waals surface area contributed by atoms with E-state index >= 15 is 0 Å². The zero-order valence-corrected chi connectivity index (χ0v) is 18.8. The minimum atomic E-state index is -0.132. The summed E-state index contributed by atoms with van der Waals surface area (Å²) in [5.74, 6) is 1.22. The van der Waals surface area contributed by atoms with Gasteiger partial charge in [-0.15, -0.1) is 0 Å². The van der Waals surface area contributed by atoms with Crippen molar-refractivity contribution in [1.82, 2.24) is 4.98 Å². The molecule has 0 bridgehead atoms. The van der Waals surface area contributed by atoms with Crippen LogP contribution in [0.1, 0.15) is 30.5 Å². The third-order valence-electron chi connectivity index (χ3n) is 5.54. The first-order chi connectivity index (χ1) is 15.0. The molecule has 0 radical (unpaired) electrons. The van der Waals surface area contributed by atoms with Crippen LogP contribution in [-0.4, -0.2) is 30.6 Å². The molecular weight excluding hydrogens is 386 g/mol. The van der Waals surface area contributed by atoms with Gasteiger partial charge in [0, 0.05) is 25.0 Å². The van der Waals surface area contributed by atoms with Gasteiger partial charge in [0.2, 0.25) is 0 Å². The fraction of sp³-hybridized carbons (Fsp3) is 0.308. The fourth-order valence-corrected chi connectivity index (χ4v) is 3.49. The number of amides is 1. The number of nitrogens with zero attached hydrogens (tertiary/aromatic N) is 3. The fourth-order valence-electron chi connectivity index (χ4n) is 3.49. The highest BCUT2D eigenvalue weighted by molar-refractivity contribution is 5.93. The molecule has 0 saturated carbocycles. The van der Waals surface area contributed by atoms with E-state index in [9.17, 15) is 4.79 Å². The average Bonchev–Trinajstić information content (AvgIpc) is 2.80. The lowest BCUT2D eigenvalue weighted by Crippen LogP contribution is -2.35. The number of benzene rings is 2. The van der Waals surface area contributed by atoms with Gasteiger partial charge in [0.05, 0.1) is 6.54 Å². The molecule has 0 unspecified atom stereocenters. The van der Waals surface area contributed by atoms with Crippen molar-refractivity contribution in [1.29, 1.82) is 0 Å². The maximum absolute atomic E-state index is 13.1. The molecule has 0 aliphatic rings. The number of ether oxygens (including phenoxy) is 1. The highest BCUT2D eigenvalue weighted by atomic mass is 16.5. The number of hydrogen-bond donors (Lipinski definition) is 0. The van der Waals surface area contributed by atoms with Gasteiger partial charge in [0.15, 0.2) is 6.61 Å². The molecular formula is C26H31N3O2. The quantitative estimate of drug-likeness (QED) is 0.483. The first-order valence-electron chi connectivity index (χ1n) is 10.8. The second-order valence-electron chi connectivity index (χ2n) is 7.49. The van der Waals surface area contributed by atoms with Crippen LogP contribution in [-0.2, 0) is 11.3 Å². The number of aromatic nitrogens is 1. The summed E-state index contributed by atoms with van der Waals surface area (Å²) in [5.41, 5.74) is 4.41. The van der Waals surface area contributed by atoms with Crippen LogP contribution in [0, 0.1) is 13.8 Å². The van der Waals surface area contributed by atoms with Gasteiger partial charge in [0.25, 0.3) is 5.91 Å². The molecule has 1 heterocycles. The van der Waals surface area contributed by atoms with E-state index in [0.29, 0.717) is 12.4 Å². The minimum Gasteiger partial charge on any atom is -0.483 e. The van der Waals surface area contributed by atoms with Gasteiger partial charge in [-0.1, -0.05) is 30.3 Å². The second kappa shape index (κ2) is 10.6. The number of pyridine rings is 1. The number of aryl methyl sites for hydroxylation is 1. The van der Waals surface area contributed by atoms with Gasteiger partial charge in [-0.05, 0) is 74.7 Å². The van der Waals surface area contributed by atoms with E-state index in [1.807, 2.05) is 50.2 Å². The summed E-state index contributed by atoms with van der Waals surface area (Å²) in [6.45, 7) is 10.6. The van der Waals surface area contributed by atoms with E-state index in [-0.39, 0.29) is 12.5 Å². The Bertz CT molecular complexity index is 983. The smallest absolute Gasteiger partial charge is 0.266 e. The van der Waals surface area contributed by atoms with Crippen molar-refractivity contribution in [3.05, 3.63) is 83.6 Å². The molecule has 3 rings (SSSR count). The minimum absolute atomic E-state index is 0.0433. The van der Waals surface area contributed by atoms with Crippen molar-refractivity contribution in [2.75, 3.05) is 29.5 Å². The van der Waals surface area contributed by atoms with E-state index in [1.54, 1.807) is 11.1 Å². The molecule has 5 nitrogen and oxygen atoms in total. The summed E-state index contributed by atoms with van der Waals surface area (Å²) >= 11 is 0. The maximum atomic E-state index is 13.1. The zero-order valence-electron chi connectivity index (χ0n) is 18.8. The molecule has 3 aromatic rings. The molecule has 0 N–H and O–H groups in total. The third-order valence-corrected chi connectivity index (χ3v) is 5.54. The molecule has 0 fully saturated rings. The van der Waals surface area contributed by atoms with E-state index in [1.165, 1.54) is 5.69 Å². The Labute approximate surface area is 185 Å². The molecule has 31 heavy (non-hydrogen) atoms. The lowest BCUT2D eigenvalue weighted by molar-refractivity contribution is -0.120. The zero-order chi connectivity index (χ0) is 22.2. The molecule has 5 heteroatoms. The monoisotopic (exact) mass is 417 g/mol. The Hall–Kier alpha value is -3.34. The van der Waals surface area contributed by atoms with Crippen molar-refractivity contribution in [2.24, 2.45) is 0 Å². The molecule has 0 aliphatic carbocycles. The largest absolute Gasteiger partial charge is 0.483 e. The van der Waals surface area contributed by atoms with Crippen LogP contribution in [0.25, 0.3) is 0 Å². The van der Waals surface area contributed by atoms with Crippen LogP contribution in [0.5, 0.6) is 5.75 Å². The summed E-state index contributed by atoms with van der Waals surface area (Å²) in [6.07, 6.45) is 1.70. The molecule has 1 amide bonds. The normalized spacial score (nSPS) is 10.6. The molecule has 0 spiro atoms. The number of carbonyl (C=O) groups excluding carboxylic acids is 1. The Balaban J connectivity index is 1.77. The summed E-state index contributed by atoms with van der Waals surface area (Å²) in [5, 5.41) is 0. The van der Waals surface area contributed by atoms with Gasteiger partial charge >= 0.3 is 0 Å². The van der Waals surface area contributed by atoms with E-state index in [0.717, 1.165) is 35.5 Å². The number of rotatable bonds is 9. The van der Waals surface area contributed by atoms with E-state index in [2.05, 4.69) is 48.0 Å². The topological polar surface area (TPSA) is 45.7 Å². The summed E-state index contributed by atoms with van der Waals surface area (Å²) in [6, 6.07) is 19.8. The van der Waals surface area contributed by atoms with Gasteiger partial charge in [-0.2, -0.15) is 0 Å². The van der Waals surface area contributed by atoms with Gasteiger partial charge in [-0.3, -0.25) is 9.69 Å². The highest BCUT2D eigenvalue weighted by Crippen LogP contribution is 2.22. The van der Waals surface area contributed by atoms with Crippen molar-refractivity contribution in [3.63, 3.8) is 0 Å². The van der Waals surface area contributed by atoms with E-state index in [4.69, 9.17) is 4.74 Å². The predicted molar refractivity (Wildman–Crippen MR) is 127 cm³/mol. The van der Waals surface area contributed by atoms with Crippen LogP contribution in [0.2, 0.25) is 0 Å². The Morgan fingerprint density at radius 1 is 0.935 bits per heavy atom. The highest BCUT2D eigenvalue weighted by Gasteiger charge is 2.19. The summed E-state index contributed by atoms with van der Waals surface area (Å²) in [4.78, 5) is 21.5. The average molecular weight is 418 g/mol. The molecule has 1 aromatic heterocycles. The van der Waals surface area contributed by atoms with Crippen LogP contribution in [0.4, 0.5) is 11.5 Å². The summed E-state index contributed by atoms with van der Waals surface area (Å²) in [7, 11) is 0. The maximum Gasteiger partial charge on any atom is 0.266 e. The second-order valence-corrected chi connectivity index (χ2v) is 7.49. The molecule has 0 aliphatic heterocycles. The lowest BCUT2D eigenvalue weighted by atomic mass is 10.1. The molecule has 2 aromatic carbocycles.